The van der Waals surface area contributed by atoms with Crippen LogP contribution in [0, 0.1) is 6.07 Å². The summed E-state index contributed by atoms with van der Waals surface area (Å²) in [6.45, 7) is 0.308. The molecule has 0 heterocycles. The smallest absolute Gasteiger partial charge is 0.416 e. The molecule has 0 unspecified atom stereocenters. The van der Waals surface area contributed by atoms with Gasteiger partial charge in [-0.3, -0.25) is 0 Å². The molecule has 0 saturated carbocycles. The first kappa shape index (κ1) is 12.5. The van der Waals surface area contributed by atoms with Crippen LogP contribution in [-0.2, 0) is 12.8 Å². The Kier molecular flexibility index (Phi) is 3.55. The van der Waals surface area contributed by atoms with E-state index in [4.69, 9.17) is 4.74 Å². The molecule has 0 atom stereocenters. The van der Waals surface area contributed by atoms with Crippen molar-refractivity contribution in [1.82, 2.24) is 0 Å². The number of alkyl halides is 3. The minimum atomic E-state index is -4.31. The van der Waals surface area contributed by atoms with Gasteiger partial charge in [0.1, 0.15) is 12.4 Å². The highest BCUT2D eigenvalue weighted by atomic mass is 19.4. The lowest BCUT2D eigenvalue weighted by atomic mass is 10.2. The maximum absolute atomic E-state index is 12.3. The minimum Gasteiger partial charge on any atom is -0.489 e. The molecule has 0 aliphatic heterocycles. The number of rotatable bonds is 3. The van der Waals surface area contributed by atoms with Gasteiger partial charge in [-0.25, -0.2) is 0 Å². The van der Waals surface area contributed by atoms with E-state index in [0.29, 0.717) is 12.4 Å². The van der Waals surface area contributed by atoms with Crippen molar-refractivity contribution in [3.8, 4) is 5.75 Å². The molecule has 1 nitrogen and oxygen atoms in total. The van der Waals surface area contributed by atoms with Crippen LogP contribution in [-0.4, -0.2) is 0 Å². The molecule has 93 valence electrons. The van der Waals surface area contributed by atoms with Gasteiger partial charge in [0.2, 0.25) is 0 Å². The molecule has 18 heavy (non-hydrogen) atoms. The van der Waals surface area contributed by atoms with Crippen LogP contribution in [0.25, 0.3) is 0 Å². The first-order valence-corrected chi connectivity index (χ1v) is 5.31. The van der Waals surface area contributed by atoms with Gasteiger partial charge in [-0.05, 0) is 42.0 Å². The van der Waals surface area contributed by atoms with E-state index in [1.807, 2.05) is 12.1 Å². The SMILES string of the molecule is FC(F)(F)c1ccc(OCc2c[c]ccc2)cc1. The summed E-state index contributed by atoms with van der Waals surface area (Å²) in [6, 6.07) is 14.8. The highest BCUT2D eigenvalue weighted by Crippen LogP contribution is 2.30. The summed E-state index contributed by atoms with van der Waals surface area (Å²) in [5.41, 5.74) is 0.236. The van der Waals surface area contributed by atoms with Crippen LogP contribution in [0.2, 0.25) is 0 Å². The van der Waals surface area contributed by atoms with Crippen molar-refractivity contribution >= 4 is 0 Å². The quantitative estimate of drug-likeness (QED) is 0.798. The van der Waals surface area contributed by atoms with E-state index >= 15 is 0 Å². The highest BCUT2D eigenvalue weighted by Gasteiger charge is 2.29. The number of ether oxygens (including phenoxy) is 1. The fourth-order valence-corrected chi connectivity index (χ4v) is 1.43. The van der Waals surface area contributed by atoms with Gasteiger partial charge in [0, 0.05) is 0 Å². The molecule has 0 spiro atoms. The first-order chi connectivity index (χ1) is 8.55. The van der Waals surface area contributed by atoms with E-state index in [9.17, 15) is 13.2 Å². The van der Waals surface area contributed by atoms with Gasteiger partial charge >= 0.3 is 6.18 Å². The summed E-state index contributed by atoms with van der Waals surface area (Å²) in [5.74, 6) is 0.409. The second kappa shape index (κ2) is 5.12. The van der Waals surface area contributed by atoms with E-state index in [-0.39, 0.29) is 0 Å². The summed E-state index contributed by atoms with van der Waals surface area (Å²) in [4.78, 5) is 0. The lowest BCUT2D eigenvalue weighted by Gasteiger charge is -2.09. The third kappa shape index (κ3) is 3.26. The van der Waals surface area contributed by atoms with E-state index in [1.54, 1.807) is 12.1 Å². The molecular formula is C14H10F3O. The number of hydrogen-bond acceptors (Lipinski definition) is 1. The summed E-state index contributed by atoms with van der Waals surface area (Å²) in [5, 5.41) is 0. The van der Waals surface area contributed by atoms with Gasteiger partial charge in [-0.15, -0.1) is 0 Å². The van der Waals surface area contributed by atoms with E-state index in [0.717, 1.165) is 17.7 Å². The summed E-state index contributed by atoms with van der Waals surface area (Å²) in [6.07, 6.45) is -4.31. The molecule has 0 aromatic heterocycles. The van der Waals surface area contributed by atoms with E-state index < -0.39 is 11.7 Å². The van der Waals surface area contributed by atoms with Gasteiger partial charge in [0.05, 0.1) is 5.56 Å². The second-order valence-electron chi connectivity index (χ2n) is 3.72. The summed E-state index contributed by atoms with van der Waals surface area (Å²) < 4.78 is 42.3. The fourth-order valence-electron chi connectivity index (χ4n) is 1.43. The average molecular weight is 251 g/mol. The Hall–Kier alpha value is -1.97. The lowest BCUT2D eigenvalue weighted by Crippen LogP contribution is -2.04. The Morgan fingerprint density at radius 2 is 1.78 bits per heavy atom. The molecular weight excluding hydrogens is 241 g/mol. The van der Waals surface area contributed by atoms with Crippen molar-refractivity contribution in [2.45, 2.75) is 12.8 Å². The van der Waals surface area contributed by atoms with Gasteiger partial charge in [-0.2, -0.15) is 13.2 Å². The minimum absolute atomic E-state index is 0.308. The maximum Gasteiger partial charge on any atom is 0.416 e. The maximum atomic E-state index is 12.3. The summed E-state index contributed by atoms with van der Waals surface area (Å²) in [7, 11) is 0. The third-order valence-corrected chi connectivity index (χ3v) is 2.36. The van der Waals surface area contributed by atoms with Crippen LogP contribution in [0.15, 0.2) is 48.5 Å². The highest BCUT2D eigenvalue weighted by molar-refractivity contribution is 5.29. The Balaban J connectivity index is 1.99. The first-order valence-electron chi connectivity index (χ1n) is 5.31. The Bertz CT molecular complexity index is 489. The zero-order valence-corrected chi connectivity index (χ0v) is 9.37. The molecule has 0 bridgehead atoms. The summed E-state index contributed by atoms with van der Waals surface area (Å²) >= 11 is 0. The second-order valence-corrected chi connectivity index (χ2v) is 3.72. The molecule has 0 aliphatic carbocycles. The van der Waals surface area contributed by atoms with Crippen LogP contribution in [0.5, 0.6) is 5.75 Å². The van der Waals surface area contributed by atoms with Crippen LogP contribution >= 0.6 is 0 Å². The molecule has 2 aromatic carbocycles. The topological polar surface area (TPSA) is 9.23 Å². The largest absolute Gasteiger partial charge is 0.489 e. The van der Waals surface area contributed by atoms with Crippen molar-refractivity contribution in [2.75, 3.05) is 0 Å². The van der Waals surface area contributed by atoms with Crippen molar-refractivity contribution in [1.29, 1.82) is 0 Å². The number of hydrogen-bond donors (Lipinski definition) is 0. The molecule has 0 N–H and O–H groups in total. The molecule has 4 heteroatoms. The molecule has 0 fully saturated rings. The van der Waals surface area contributed by atoms with Gasteiger partial charge in [-0.1, -0.05) is 18.2 Å². The zero-order chi connectivity index (χ0) is 13.0. The van der Waals surface area contributed by atoms with E-state index in [2.05, 4.69) is 6.07 Å². The lowest BCUT2D eigenvalue weighted by molar-refractivity contribution is -0.137. The predicted octanol–water partition coefficient (Wildman–Crippen LogP) is 4.08. The van der Waals surface area contributed by atoms with Crippen LogP contribution in [0.4, 0.5) is 13.2 Å². The van der Waals surface area contributed by atoms with Crippen LogP contribution in [0.1, 0.15) is 11.1 Å². The zero-order valence-electron chi connectivity index (χ0n) is 9.37. The van der Waals surface area contributed by atoms with Crippen molar-refractivity contribution in [2.24, 2.45) is 0 Å². The monoisotopic (exact) mass is 251 g/mol. The Morgan fingerprint density at radius 3 is 2.33 bits per heavy atom. The van der Waals surface area contributed by atoms with Gasteiger partial charge in [0.25, 0.3) is 0 Å². The Labute approximate surface area is 103 Å². The van der Waals surface area contributed by atoms with Gasteiger partial charge in [0.15, 0.2) is 0 Å². The van der Waals surface area contributed by atoms with Crippen molar-refractivity contribution in [3.63, 3.8) is 0 Å². The molecule has 2 rings (SSSR count). The fraction of sp³-hybridized carbons (Fsp3) is 0.143. The van der Waals surface area contributed by atoms with Crippen molar-refractivity contribution < 1.29 is 17.9 Å². The standard InChI is InChI=1S/C14H10F3O/c15-14(16,17)12-6-8-13(9-7-12)18-10-11-4-2-1-3-5-11/h1-2,4-9H,10H2. The number of halogens is 3. The van der Waals surface area contributed by atoms with Crippen LogP contribution < -0.4 is 4.74 Å². The normalized spacial score (nSPS) is 11.3. The molecule has 2 aromatic rings. The van der Waals surface area contributed by atoms with Crippen LogP contribution in [0.3, 0.4) is 0 Å². The van der Waals surface area contributed by atoms with Crippen molar-refractivity contribution in [3.05, 3.63) is 65.7 Å². The third-order valence-electron chi connectivity index (χ3n) is 2.36. The Morgan fingerprint density at radius 1 is 1.06 bits per heavy atom. The number of benzene rings is 2. The van der Waals surface area contributed by atoms with E-state index in [1.165, 1.54) is 12.1 Å². The molecule has 0 saturated heterocycles. The molecule has 0 amide bonds. The van der Waals surface area contributed by atoms with Gasteiger partial charge < -0.3 is 4.74 Å². The molecule has 1 radical (unpaired) electrons. The average Bonchev–Trinajstić information content (AvgIpc) is 2.37. The predicted molar refractivity (Wildman–Crippen MR) is 61.1 cm³/mol. The molecule has 0 aliphatic rings.